The van der Waals surface area contributed by atoms with Gasteiger partial charge in [-0.1, -0.05) is 24.6 Å². The number of carbonyl (C=O) groups excluding carboxylic acids is 1. The Kier molecular flexibility index (Phi) is 6.65. The summed E-state index contributed by atoms with van der Waals surface area (Å²) in [5, 5.41) is 21.6. The second-order valence-corrected chi connectivity index (χ2v) is 6.10. The molecule has 2 aromatic rings. The maximum Gasteiger partial charge on any atom is 0.266 e. The molecular weight excluding hydrogens is 352 g/mol. The Hall–Kier alpha value is -2.97. The molecule has 0 aliphatic carbocycles. The van der Waals surface area contributed by atoms with E-state index in [9.17, 15) is 15.2 Å². The molecule has 2 N–H and O–H groups in total. The van der Waals surface area contributed by atoms with Gasteiger partial charge in [0.25, 0.3) is 5.91 Å². The van der Waals surface area contributed by atoms with Crippen LogP contribution in [0.3, 0.4) is 0 Å². The van der Waals surface area contributed by atoms with E-state index >= 15 is 0 Å². The lowest BCUT2D eigenvalue weighted by atomic mass is 10.1. The minimum atomic E-state index is -0.547. The summed E-state index contributed by atoms with van der Waals surface area (Å²) in [4.78, 5) is 12.2. The largest absolute Gasteiger partial charge is 0.508 e. The van der Waals surface area contributed by atoms with Crippen LogP contribution in [0.15, 0.2) is 48.0 Å². The summed E-state index contributed by atoms with van der Waals surface area (Å²) >= 11 is 6.22. The Morgan fingerprint density at radius 1 is 1.35 bits per heavy atom. The van der Waals surface area contributed by atoms with Gasteiger partial charge in [0, 0.05) is 5.69 Å². The summed E-state index contributed by atoms with van der Waals surface area (Å²) in [6.45, 7) is 3.97. The number of amides is 1. The van der Waals surface area contributed by atoms with Gasteiger partial charge < -0.3 is 15.2 Å². The highest BCUT2D eigenvalue weighted by atomic mass is 35.5. The summed E-state index contributed by atoms with van der Waals surface area (Å²) in [7, 11) is 0. The van der Waals surface area contributed by atoms with Crippen LogP contribution in [0.5, 0.6) is 11.5 Å². The van der Waals surface area contributed by atoms with Crippen molar-refractivity contribution >= 4 is 29.3 Å². The molecule has 1 amide bonds. The maximum atomic E-state index is 12.2. The number of rotatable bonds is 6. The number of phenols is 1. The van der Waals surface area contributed by atoms with Crippen LogP contribution < -0.4 is 10.1 Å². The Morgan fingerprint density at radius 2 is 2.04 bits per heavy atom. The molecule has 0 spiro atoms. The molecule has 134 valence electrons. The fraction of sp³-hybridized carbons (Fsp3) is 0.200. The fourth-order valence-corrected chi connectivity index (χ4v) is 2.29. The van der Waals surface area contributed by atoms with Crippen LogP contribution in [0, 0.1) is 11.3 Å². The molecule has 0 aromatic heterocycles. The van der Waals surface area contributed by atoms with Gasteiger partial charge in [0.2, 0.25) is 0 Å². The standard InChI is InChI=1S/C20H19ClN2O3/c1-3-13(2)26-19-9-4-14(11-18(19)21)10-15(12-22)20(25)23-16-5-7-17(24)8-6-16/h4-11,13,24H,3H2,1-2H3,(H,23,25)/b15-10-/t13-/m1/s1. The Labute approximate surface area is 157 Å². The van der Waals surface area contributed by atoms with E-state index in [1.54, 1.807) is 30.3 Å². The molecule has 2 aromatic carbocycles. The third-order valence-corrected chi connectivity index (χ3v) is 3.96. The maximum absolute atomic E-state index is 12.2. The lowest BCUT2D eigenvalue weighted by molar-refractivity contribution is -0.112. The van der Waals surface area contributed by atoms with E-state index in [4.69, 9.17) is 16.3 Å². The van der Waals surface area contributed by atoms with Gasteiger partial charge in [-0.3, -0.25) is 4.79 Å². The SMILES string of the molecule is CC[C@@H](C)Oc1ccc(/C=C(/C#N)C(=O)Nc2ccc(O)cc2)cc1Cl. The molecule has 0 aliphatic rings. The number of hydrogen-bond acceptors (Lipinski definition) is 4. The molecule has 0 unspecified atom stereocenters. The topological polar surface area (TPSA) is 82.3 Å². The number of aromatic hydroxyl groups is 1. The second-order valence-electron chi connectivity index (χ2n) is 5.70. The van der Waals surface area contributed by atoms with E-state index < -0.39 is 5.91 Å². The molecule has 2 rings (SSSR count). The summed E-state index contributed by atoms with van der Waals surface area (Å²) in [6, 6.07) is 12.9. The average molecular weight is 371 g/mol. The van der Waals surface area contributed by atoms with Crippen molar-refractivity contribution in [1.82, 2.24) is 0 Å². The second kappa shape index (κ2) is 8.93. The molecule has 5 nitrogen and oxygen atoms in total. The van der Waals surface area contributed by atoms with Crippen molar-refractivity contribution in [3.05, 3.63) is 58.6 Å². The van der Waals surface area contributed by atoms with Gasteiger partial charge in [-0.05, 0) is 61.4 Å². The highest BCUT2D eigenvalue weighted by Crippen LogP contribution is 2.28. The van der Waals surface area contributed by atoms with Gasteiger partial charge in [0.05, 0.1) is 11.1 Å². The van der Waals surface area contributed by atoms with E-state index in [1.807, 2.05) is 19.9 Å². The number of benzene rings is 2. The van der Waals surface area contributed by atoms with Crippen molar-refractivity contribution in [1.29, 1.82) is 5.26 Å². The van der Waals surface area contributed by atoms with Gasteiger partial charge in [-0.2, -0.15) is 5.26 Å². The van der Waals surface area contributed by atoms with E-state index in [2.05, 4.69) is 5.32 Å². The Bertz CT molecular complexity index is 854. The molecule has 0 aliphatic heterocycles. The van der Waals surface area contributed by atoms with Crippen LogP contribution in [0.1, 0.15) is 25.8 Å². The van der Waals surface area contributed by atoms with Crippen molar-refractivity contribution < 1.29 is 14.6 Å². The van der Waals surface area contributed by atoms with E-state index in [1.165, 1.54) is 18.2 Å². The first-order valence-corrected chi connectivity index (χ1v) is 8.49. The smallest absolute Gasteiger partial charge is 0.266 e. The van der Waals surface area contributed by atoms with Gasteiger partial charge in [-0.25, -0.2) is 0 Å². The van der Waals surface area contributed by atoms with Crippen LogP contribution >= 0.6 is 11.6 Å². The summed E-state index contributed by atoms with van der Waals surface area (Å²) < 4.78 is 5.70. The third kappa shape index (κ3) is 5.27. The van der Waals surface area contributed by atoms with Crippen molar-refractivity contribution in [3.8, 4) is 17.6 Å². The zero-order valence-electron chi connectivity index (χ0n) is 14.5. The van der Waals surface area contributed by atoms with Crippen LogP contribution in [0.4, 0.5) is 5.69 Å². The molecule has 0 saturated carbocycles. The summed E-state index contributed by atoms with van der Waals surface area (Å²) in [5.41, 5.74) is 1.03. The minimum Gasteiger partial charge on any atom is -0.508 e. The first-order chi connectivity index (χ1) is 12.4. The van der Waals surface area contributed by atoms with E-state index in [0.29, 0.717) is 22.0 Å². The minimum absolute atomic E-state index is 0.0413. The van der Waals surface area contributed by atoms with Gasteiger partial charge >= 0.3 is 0 Å². The number of halogens is 1. The van der Waals surface area contributed by atoms with Crippen molar-refractivity contribution in [2.75, 3.05) is 5.32 Å². The lowest BCUT2D eigenvalue weighted by Gasteiger charge is -2.14. The molecule has 6 heteroatoms. The van der Waals surface area contributed by atoms with E-state index in [-0.39, 0.29) is 17.4 Å². The quantitative estimate of drug-likeness (QED) is 0.436. The number of anilines is 1. The predicted molar refractivity (Wildman–Crippen MR) is 102 cm³/mol. The third-order valence-electron chi connectivity index (χ3n) is 3.66. The molecule has 0 radical (unpaired) electrons. The molecule has 0 bridgehead atoms. The Balaban J connectivity index is 2.17. The van der Waals surface area contributed by atoms with E-state index in [0.717, 1.165) is 6.42 Å². The number of carbonyl (C=O) groups is 1. The summed E-state index contributed by atoms with van der Waals surface area (Å²) in [5.74, 6) is 0.104. The highest BCUT2D eigenvalue weighted by Gasteiger charge is 2.11. The van der Waals surface area contributed by atoms with Gasteiger partial charge in [0.15, 0.2) is 0 Å². The van der Waals surface area contributed by atoms with Crippen molar-refractivity contribution in [2.45, 2.75) is 26.4 Å². The number of nitrogens with zero attached hydrogens (tertiary/aromatic N) is 1. The summed E-state index contributed by atoms with van der Waals surface area (Å²) in [6.07, 6.45) is 2.35. The average Bonchev–Trinajstić information content (AvgIpc) is 2.63. The first kappa shape index (κ1) is 19.4. The first-order valence-electron chi connectivity index (χ1n) is 8.11. The van der Waals surface area contributed by atoms with Crippen molar-refractivity contribution in [3.63, 3.8) is 0 Å². The van der Waals surface area contributed by atoms with Gasteiger partial charge in [0.1, 0.15) is 23.1 Å². The van der Waals surface area contributed by atoms with Crippen LogP contribution in [-0.4, -0.2) is 17.1 Å². The zero-order valence-corrected chi connectivity index (χ0v) is 15.2. The highest BCUT2D eigenvalue weighted by molar-refractivity contribution is 6.32. The number of hydrogen-bond donors (Lipinski definition) is 2. The Morgan fingerprint density at radius 3 is 2.62 bits per heavy atom. The van der Waals surface area contributed by atoms with Crippen LogP contribution in [0.2, 0.25) is 5.02 Å². The van der Waals surface area contributed by atoms with Crippen molar-refractivity contribution in [2.24, 2.45) is 0 Å². The normalized spacial score (nSPS) is 12.2. The molecule has 26 heavy (non-hydrogen) atoms. The zero-order chi connectivity index (χ0) is 19.1. The molecule has 0 saturated heterocycles. The monoisotopic (exact) mass is 370 g/mol. The van der Waals surface area contributed by atoms with Gasteiger partial charge in [-0.15, -0.1) is 0 Å². The number of nitrogens with one attached hydrogen (secondary N) is 1. The molecule has 0 fully saturated rings. The van der Waals surface area contributed by atoms with Crippen LogP contribution in [0.25, 0.3) is 6.08 Å². The molecule has 1 atom stereocenters. The molecular formula is C20H19ClN2O3. The number of ether oxygens (including phenoxy) is 1. The predicted octanol–water partition coefficient (Wildman–Crippen LogP) is 4.77. The number of nitriles is 1. The fourth-order valence-electron chi connectivity index (χ4n) is 2.06. The lowest BCUT2D eigenvalue weighted by Crippen LogP contribution is -2.13. The van der Waals surface area contributed by atoms with Crippen LogP contribution in [-0.2, 0) is 4.79 Å². The molecule has 0 heterocycles. The number of phenolic OH excluding ortho intramolecular Hbond substituents is 1.